The molecule has 1 aliphatic rings. The Kier molecular flexibility index (Phi) is 2.60. The monoisotopic (exact) mass is 356 g/mol. The molecule has 1 aromatic heterocycles. The molecule has 0 saturated heterocycles. The normalized spacial score (nSPS) is 12.9. The zero-order chi connectivity index (χ0) is 18.2. The lowest BCUT2D eigenvalue weighted by atomic mass is 9.99. The largest absolute Gasteiger partial charge is 0.455 e. The highest BCUT2D eigenvalue weighted by Crippen LogP contribution is 2.44. The van der Waals surface area contributed by atoms with Crippen molar-refractivity contribution in [2.75, 3.05) is 0 Å². The molecule has 28 heavy (non-hydrogen) atoms. The molecule has 1 aliphatic carbocycles. The van der Waals surface area contributed by atoms with Crippen molar-refractivity contribution in [2.24, 2.45) is 0 Å². The first-order chi connectivity index (χ1) is 13.9. The topological polar surface area (TPSA) is 13.1 Å². The van der Waals surface area contributed by atoms with E-state index >= 15 is 0 Å². The van der Waals surface area contributed by atoms with Crippen LogP contribution in [-0.4, -0.2) is 0 Å². The predicted molar refractivity (Wildman–Crippen MR) is 117 cm³/mol. The fraction of sp³-hybridized carbons (Fsp3) is 0.0370. The Labute approximate surface area is 161 Å². The summed E-state index contributed by atoms with van der Waals surface area (Å²) in [4.78, 5) is 0. The molecule has 1 heterocycles. The molecule has 0 unspecified atom stereocenters. The van der Waals surface area contributed by atoms with E-state index in [4.69, 9.17) is 4.42 Å². The van der Waals surface area contributed by atoms with E-state index in [1.54, 1.807) is 0 Å². The maximum Gasteiger partial charge on any atom is 0.143 e. The van der Waals surface area contributed by atoms with Crippen LogP contribution in [-0.2, 0) is 6.42 Å². The van der Waals surface area contributed by atoms with Gasteiger partial charge in [0, 0.05) is 16.2 Å². The van der Waals surface area contributed by atoms with Gasteiger partial charge in [-0.15, -0.1) is 0 Å². The van der Waals surface area contributed by atoms with Crippen molar-refractivity contribution < 1.29 is 4.42 Å². The molecule has 1 nitrogen and oxygen atoms in total. The van der Waals surface area contributed by atoms with Crippen LogP contribution in [0.5, 0.6) is 0 Å². The van der Waals surface area contributed by atoms with Crippen molar-refractivity contribution in [3.05, 3.63) is 96.1 Å². The standard InChI is InChI=1S/C27H16O/c1-3-7-19-16(5-1)9-11-21-23-15-26-25(14-18(23)13-24(19)21)22-12-10-17-6-2-4-8-20(17)27(22)28-26/h1-12,14-15H,13H2. The van der Waals surface area contributed by atoms with Gasteiger partial charge >= 0.3 is 0 Å². The summed E-state index contributed by atoms with van der Waals surface area (Å²) in [6.45, 7) is 0. The molecular weight excluding hydrogens is 340 g/mol. The van der Waals surface area contributed by atoms with Gasteiger partial charge < -0.3 is 4.42 Å². The van der Waals surface area contributed by atoms with Crippen molar-refractivity contribution in [2.45, 2.75) is 6.42 Å². The highest BCUT2D eigenvalue weighted by atomic mass is 16.3. The molecule has 0 bridgehead atoms. The summed E-state index contributed by atoms with van der Waals surface area (Å²) >= 11 is 0. The van der Waals surface area contributed by atoms with E-state index < -0.39 is 0 Å². The van der Waals surface area contributed by atoms with Gasteiger partial charge in [-0.1, -0.05) is 66.7 Å². The summed E-state index contributed by atoms with van der Waals surface area (Å²) in [6.07, 6.45) is 0.988. The van der Waals surface area contributed by atoms with E-state index in [2.05, 4.69) is 84.9 Å². The third-order valence-electron chi connectivity index (χ3n) is 6.29. The van der Waals surface area contributed by atoms with Crippen LogP contribution in [0.1, 0.15) is 11.1 Å². The van der Waals surface area contributed by atoms with E-state index in [9.17, 15) is 0 Å². The highest BCUT2D eigenvalue weighted by molar-refractivity contribution is 6.16. The molecular formula is C27H16O. The number of rotatable bonds is 0. The van der Waals surface area contributed by atoms with Crippen LogP contribution in [0.3, 0.4) is 0 Å². The molecule has 0 atom stereocenters. The minimum atomic E-state index is 0.978. The van der Waals surface area contributed by atoms with E-state index in [-0.39, 0.29) is 0 Å². The number of fused-ring (bicyclic) bond motifs is 10. The van der Waals surface area contributed by atoms with Gasteiger partial charge in [-0.25, -0.2) is 0 Å². The maximum atomic E-state index is 6.39. The first kappa shape index (κ1) is 14.5. The molecule has 7 rings (SSSR count). The zero-order valence-corrected chi connectivity index (χ0v) is 15.2. The summed E-state index contributed by atoms with van der Waals surface area (Å²) < 4.78 is 6.39. The maximum absolute atomic E-state index is 6.39. The summed E-state index contributed by atoms with van der Waals surface area (Å²) in [6, 6.07) is 30.6. The Morgan fingerprint density at radius 1 is 0.571 bits per heavy atom. The summed E-state index contributed by atoms with van der Waals surface area (Å²) in [5.41, 5.74) is 7.48. The van der Waals surface area contributed by atoms with Crippen LogP contribution < -0.4 is 0 Å². The smallest absolute Gasteiger partial charge is 0.143 e. The molecule has 0 fully saturated rings. The van der Waals surface area contributed by atoms with Crippen LogP contribution in [0, 0.1) is 0 Å². The second kappa shape index (κ2) is 5.02. The number of hydrogen-bond donors (Lipinski definition) is 0. The Hall–Kier alpha value is -3.58. The van der Waals surface area contributed by atoms with E-state index in [0.29, 0.717) is 0 Å². The number of hydrogen-bond acceptors (Lipinski definition) is 1. The van der Waals surface area contributed by atoms with Crippen LogP contribution in [0.2, 0.25) is 0 Å². The second-order valence-electron chi connectivity index (χ2n) is 7.76. The van der Waals surface area contributed by atoms with Crippen LogP contribution in [0.25, 0.3) is 54.6 Å². The van der Waals surface area contributed by atoms with Crippen molar-refractivity contribution >= 4 is 43.5 Å². The average molecular weight is 356 g/mol. The molecule has 0 amide bonds. The van der Waals surface area contributed by atoms with Crippen molar-refractivity contribution in [1.82, 2.24) is 0 Å². The molecule has 5 aromatic carbocycles. The van der Waals surface area contributed by atoms with Crippen LogP contribution in [0.4, 0.5) is 0 Å². The summed E-state index contributed by atoms with van der Waals surface area (Å²) in [7, 11) is 0. The number of benzene rings is 5. The first-order valence-electron chi connectivity index (χ1n) is 9.75. The minimum Gasteiger partial charge on any atom is -0.455 e. The molecule has 6 aromatic rings. The van der Waals surface area contributed by atoms with E-state index in [1.165, 1.54) is 54.6 Å². The predicted octanol–water partition coefficient (Wildman–Crippen LogP) is 7.46. The van der Waals surface area contributed by atoms with Gasteiger partial charge in [-0.2, -0.15) is 0 Å². The number of furan rings is 1. The van der Waals surface area contributed by atoms with E-state index in [1.807, 2.05) is 0 Å². The van der Waals surface area contributed by atoms with Crippen molar-refractivity contribution in [3.63, 3.8) is 0 Å². The van der Waals surface area contributed by atoms with Crippen LogP contribution >= 0.6 is 0 Å². The minimum absolute atomic E-state index is 0.978. The SMILES string of the molecule is c1ccc2c3c(ccc2c1)-c1cc2oc4c5ccccc5ccc4c2cc1C3. The lowest BCUT2D eigenvalue weighted by Crippen LogP contribution is -1.83. The third kappa shape index (κ3) is 1.76. The van der Waals surface area contributed by atoms with Gasteiger partial charge in [0.25, 0.3) is 0 Å². The quantitative estimate of drug-likeness (QED) is 0.275. The highest BCUT2D eigenvalue weighted by Gasteiger charge is 2.23. The summed E-state index contributed by atoms with van der Waals surface area (Å²) in [5.74, 6) is 0. The summed E-state index contributed by atoms with van der Waals surface area (Å²) in [5, 5.41) is 7.51. The van der Waals surface area contributed by atoms with Crippen molar-refractivity contribution in [3.8, 4) is 11.1 Å². The van der Waals surface area contributed by atoms with Gasteiger partial charge in [0.1, 0.15) is 11.2 Å². The Morgan fingerprint density at radius 2 is 1.32 bits per heavy atom. The Balaban J connectivity index is 1.55. The zero-order valence-electron chi connectivity index (χ0n) is 15.2. The van der Waals surface area contributed by atoms with Gasteiger partial charge in [-0.3, -0.25) is 0 Å². The van der Waals surface area contributed by atoms with Gasteiger partial charge in [0.05, 0.1) is 0 Å². The van der Waals surface area contributed by atoms with Crippen LogP contribution in [0.15, 0.2) is 89.3 Å². The van der Waals surface area contributed by atoms with E-state index in [0.717, 1.165) is 17.6 Å². The molecule has 0 N–H and O–H groups in total. The van der Waals surface area contributed by atoms with Gasteiger partial charge in [0.15, 0.2) is 0 Å². The van der Waals surface area contributed by atoms with Gasteiger partial charge in [-0.05, 0) is 63.0 Å². The molecule has 0 saturated carbocycles. The molecule has 1 heteroatoms. The molecule has 0 aliphatic heterocycles. The second-order valence-corrected chi connectivity index (χ2v) is 7.76. The molecule has 0 radical (unpaired) electrons. The lowest BCUT2D eigenvalue weighted by molar-refractivity contribution is 0.673. The average Bonchev–Trinajstić information content (AvgIpc) is 3.30. The van der Waals surface area contributed by atoms with Gasteiger partial charge in [0.2, 0.25) is 0 Å². The van der Waals surface area contributed by atoms with Crippen molar-refractivity contribution in [1.29, 1.82) is 0 Å². The Bertz CT molecular complexity index is 1580. The molecule has 130 valence electrons. The lowest BCUT2D eigenvalue weighted by Gasteiger charge is -2.05. The molecule has 0 spiro atoms. The Morgan fingerprint density at radius 3 is 2.21 bits per heavy atom. The third-order valence-corrected chi connectivity index (χ3v) is 6.29. The fourth-order valence-electron chi connectivity index (χ4n) is 4.96. The fourth-order valence-corrected chi connectivity index (χ4v) is 4.96. The first-order valence-corrected chi connectivity index (χ1v) is 9.75.